The minimum absolute atomic E-state index is 0.139. The van der Waals surface area contributed by atoms with Gasteiger partial charge in [-0.05, 0) is 45.9 Å². The van der Waals surface area contributed by atoms with Crippen LogP contribution in [-0.4, -0.2) is 21.3 Å². The van der Waals surface area contributed by atoms with Gasteiger partial charge in [0.15, 0.2) is 0 Å². The minimum atomic E-state index is -1.02. The number of aryl methyl sites for hydroxylation is 1. The number of aromatic nitrogens is 2. The van der Waals surface area contributed by atoms with Crippen LogP contribution >= 0.6 is 39.0 Å². The molecule has 0 spiro atoms. The third-order valence-corrected chi connectivity index (χ3v) is 4.45. The SMILES string of the molecule is CCc1nnc(S/C(=C/c2ccc(Br)s2)C(=O)O)o1. The maximum Gasteiger partial charge on any atom is 0.342 e. The summed E-state index contributed by atoms with van der Waals surface area (Å²) in [5.74, 6) is -0.531. The fraction of sp³-hybridized carbons (Fsp3) is 0.182. The highest BCUT2D eigenvalue weighted by atomic mass is 79.9. The Morgan fingerprint density at radius 2 is 2.37 bits per heavy atom. The van der Waals surface area contributed by atoms with Gasteiger partial charge in [0.1, 0.15) is 4.91 Å². The molecule has 0 aliphatic rings. The van der Waals surface area contributed by atoms with E-state index in [-0.39, 0.29) is 10.1 Å². The molecule has 0 unspecified atom stereocenters. The number of rotatable bonds is 5. The molecule has 0 saturated carbocycles. The Balaban J connectivity index is 2.21. The van der Waals surface area contributed by atoms with Crippen molar-refractivity contribution in [2.45, 2.75) is 18.6 Å². The van der Waals surface area contributed by atoms with Crippen LogP contribution in [0.5, 0.6) is 0 Å². The van der Waals surface area contributed by atoms with Crippen molar-refractivity contribution in [1.82, 2.24) is 10.2 Å². The molecule has 19 heavy (non-hydrogen) atoms. The zero-order chi connectivity index (χ0) is 13.8. The molecule has 0 saturated heterocycles. The third-order valence-electron chi connectivity index (χ3n) is 2.03. The van der Waals surface area contributed by atoms with Crippen molar-refractivity contribution in [1.29, 1.82) is 0 Å². The summed E-state index contributed by atoms with van der Waals surface area (Å²) in [5.41, 5.74) is 0. The van der Waals surface area contributed by atoms with Crippen molar-refractivity contribution in [3.63, 3.8) is 0 Å². The lowest BCUT2D eigenvalue weighted by molar-refractivity contribution is -0.131. The lowest BCUT2D eigenvalue weighted by Gasteiger charge is -1.96. The van der Waals surface area contributed by atoms with E-state index < -0.39 is 5.97 Å². The summed E-state index contributed by atoms with van der Waals surface area (Å²) in [7, 11) is 0. The van der Waals surface area contributed by atoms with Gasteiger partial charge in [-0.3, -0.25) is 0 Å². The van der Waals surface area contributed by atoms with Crippen molar-refractivity contribution in [2.75, 3.05) is 0 Å². The van der Waals surface area contributed by atoms with Gasteiger partial charge in [-0.1, -0.05) is 6.92 Å². The predicted octanol–water partition coefficient (Wildman–Crippen LogP) is 3.67. The van der Waals surface area contributed by atoms with Crippen LogP contribution in [0.2, 0.25) is 0 Å². The van der Waals surface area contributed by atoms with Crippen molar-refractivity contribution >= 4 is 51.1 Å². The zero-order valence-corrected chi connectivity index (χ0v) is 13.0. The molecule has 0 aliphatic carbocycles. The molecule has 0 aromatic carbocycles. The number of carbonyl (C=O) groups is 1. The van der Waals surface area contributed by atoms with E-state index in [1.165, 1.54) is 11.3 Å². The highest BCUT2D eigenvalue weighted by Crippen LogP contribution is 2.30. The first-order valence-corrected chi connectivity index (χ1v) is 7.71. The van der Waals surface area contributed by atoms with Crippen LogP contribution in [0.3, 0.4) is 0 Å². The Bertz CT molecular complexity index is 621. The number of nitrogens with zero attached hydrogens (tertiary/aromatic N) is 2. The van der Waals surface area contributed by atoms with Gasteiger partial charge in [0.2, 0.25) is 5.89 Å². The zero-order valence-electron chi connectivity index (χ0n) is 9.79. The van der Waals surface area contributed by atoms with Crippen LogP contribution in [0.15, 0.2) is 30.5 Å². The first-order valence-electron chi connectivity index (χ1n) is 5.29. The van der Waals surface area contributed by atoms with E-state index in [4.69, 9.17) is 4.42 Å². The van der Waals surface area contributed by atoms with Crippen LogP contribution < -0.4 is 0 Å². The monoisotopic (exact) mass is 360 g/mol. The van der Waals surface area contributed by atoms with Crippen LogP contribution in [0.25, 0.3) is 6.08 Å². The van der Waals surface area contributed by atoms with Crippen LogP contribution in [0, 0.1) is 0 Å². The van der Waals surface area contributed by atoms with E-state index >= 15 is 0 Å². The van der Waals surface area contributed by atoms with Crippen molar-refractivity contribution < 1.29 is 14.3 Å². The second kappa shape index (κ2) is 6.36. The number of aliphatic carboxylic acids is 1. The fourth-order valence-electron chi connectivity index (χ4n) is 1.19. The maximum absolute atomic E-state index is 11.2. The maximum atomic E-state index is 11.2. The molecule has 2 aromatic heterocycles. The lowest BCUT2D eigenvalue weighted by Crippen LogP contribution is -1.96. The standard InChI is InChI=1S/C11H9BrN2O3S2/c1-2-9-13-14-11(17-9)19-7(10(15)16)5-6-3-4-8(12)18-6/h3-5H,2H2,1H3,(H,15,16)/b7-5+. The van der Waals surface area contributed by atoms with Crippen molar-refractivity contribution in [2.24, 2.45) is 0 Å². The average Bonchev–Trinajstić information content (AvgIpc) is 2.97. The van der Waals surface area contributed by atoms with Crippen LogP contribution in [0.4, 0.5) is 0 Å². The highest BCUT2D eigenvalue weighted by molar-refractivity contribution is 9.11. The molecule has 0 amide bonds. The molecule has 2 rings (SSSR count). The molecule has 2 heterocycles. The molecule has 0 fully saturated rings. The van der Waals surface area contributed by atoms with E-state index in [2.05, 4.69) is 26.1 Å². The number of halogens is 1. The molecular weight excluding hydrogens is 352 g/mol. The Hall–Kier alpha value is -1.12. The van der Waals surface area contributed by atoms with E-state index in [1.807, 2.05) is 19.1 Å². The topological polar surface area (TPSA) is 76.2 Å². The molecule has 0 atom stereocenters. The summed E-state index contributed by atoms with van der Waals surface area (Å²) in [6.07, 6.45) is 2.20. The van der Waals surface area contributed by atoms with Crippen LogP contribution in [0.1, 0.15) is 17.7 Å². The Morgan fingerprint density at radius 3 is 2.89 bits per heavy atom. The van der Waals surface area contributed by atoms with Crippen LogP contribution in [-0.2, 0) is 11.2 Å². The first kappa shape index (κ1) is 14.3. The lowest BCUT2D eigenvalue weighted by atomic mass is 10.4. The Morgan fingerprint density at radius 1 is 1.58 bits per heavy atom. The van der Waals surface area contributed by atoms with Crippen molar-refractivity contribution in [3.05, 3.63) is 31.6 Å². The Kier molecular flexibility index (Phi) is 4.78. The molecular formula is C11H9BrN2O3S2. The first-order chi connectivity index (χ1) is 9.08. The van der Waals surface area contributed by atoms with Gasteiger partial charge >= 0.3 is 5.97 Å². The summed E-state index contributed by atoms with van der Waals surface area (Å²) in [4.78, 5) is 12.2. The van der Waals surface area contributed by atoms with Gasteiger partial charge in [0.25, 0.3) is 5.22 Å². The predicted molar refractivity (Wildman–Crippen MR) is 77.2 cm³/mol. The van der Waals surface area contributed by atoms with Gasteiger partial charge in [0, 0.05) is 11.3 Å². The fourth-order valence-corrected chi connectivity index (χ4v) is 3.31. The largest absolute Gasteiger partial charge is 0.477 e. The third kappa shape index (κ3) is 3.92. The molecule has 5 nitrogen and oxygen atoms in total. The number of thiophene rings is 1. The number of carboxylic acid groups (broad SMARTS) is 1. The second-order valence-corrected chi connectivity index (χ2v) is 6.86. The molecule has 100 valence electrons. The number of hydrogen-bond acceptors (Lipinski definition) is 6. The smallest absolute Gasteiger partial charge is 0.342 e. The summed E-state index contributed by atoms with van der Waals surface area (Å²) >= 11 is 5.73. The van der Waals surface area contributed by atoms with E-state index in [1.54, 1.807) is 6.08 Å². The average molecular weight is 361 g/mol. The van der Waals surface area contributed by atoms with E-state index in [0.29, 0.717) is 12.3 Å². The van der Waals surface area contributed by atoms with E-state index in [9.17, 15) is 9.90 Å². The summed E-state index contributed by atoms with van der Waals surface area (Å²) < 4.78 is 6.23. The molecule has 0 radical (unpaired) electrons. The molecule has 8 heteroatoms. The molecule has 2 aromatic rings. The van der Waals surface area contributed by atoms with E-state index in [0.717, 1.165) is 20.4 Å². The molecule has 1 N–H and O–H groups in total. The summed E-state index contributed by atoms with van der Waals surface area (Å²) in [5, 5.41) is 17.0. The number of hydrogen-bond donors (Lipinski definition) is 1. The van der Waals surface area contributed by atoms with Gasteiger partial charge in [-0.25, -0.2) is 4.79 Å². The Labute approximate surface area is 125 Å². The highest BCUT2D eigenvalue weighted by Gasteiger charge is 2.15. The molecule has 0 aliphatic heterocycles. The number of thioether (sulfide) groups is 1. The van der Waals surface area contributed by atoms with Crippen molar-refractivity contribution in [3.8, 4) is 0 Å². The number of carboxylic acids is 1. The minimum Gasteiger partial charge on any atom is -0.477 e. The van der Waals surface area contributed by atoms with Gasteiger partial charge < -0.3 is 9.52 Å². The van der Waals surface area contributed by atoms with Gasteiger partial charge in [-0.2, -0.15) is 0 Å². The van der Waals surface area contributed by atoms with Gasteiger partial charge in [0.05, 0.1) is 3.79 Å². The quantitative estimate of drug-likeness (QED) is 0.647. The van der Waals surface area contributed by atoms with Gasteiger partial charge in [-0.15, -0.1) is 21.5 Å². The summed E-state index contributed by atoms with van der Waals surface area (Å²) in [6.45, 7) is 1.89. The molecule has 0 bridgehead atoms. The normalized spacial score (nSPS) is 11.8. The summed E-state index contributed by atoms with van der Waals surface area (Å²) in [6, 6.07) is 3.70. The second-order valence-electron chi connectivity index (χ2n) is 3.37.